The summed E-state index contributed by atoms with van der Waals surface area (Å²) in [5.74, 6) is -0.0278. The van der Waals surface area contributed by atoms with Crippen molar-refractivity contribution < 1.29 is 17.2 Å². The maximum atomic E-state index is 13.2. The second kappa shape index (κ2) is 7.67. The number of benzene rings is 1. The Morgan fingerprint density at radius 2 is 2.00 bits per heavy atom. The predicted molar refractivity (Wildman–Crippen MR) is 93.9 cm³/mol. The van der Waals surface area contributed by atoms with E-state index in [2.05, 4.69) is 19.7 Å². The van der Waals surface area contributed by atoms with Gasteiger partial charge in [-0.05, 0) is 43.7 Å². The predicted octanol–water partition coefficient (Wildman–Crippen LogP) is 2.38. The fourth-order valence-corrected chi connectivity index (χ4v) is 4.05. The van der Waals surface area contributed by atoms with Gasteiger partial charge in [-0.15, -0.1) is 0 Å². The van der Waals surface area contributed by atoms with Crippen molar-refractivity contribution in [2.24, 2.45) is 5.92 Å². The third kappa shape index (κ3) is 4.90. The number of nitrogens with zero attached hydrogens (tertiary/aromatic N) is 1. The van der Waals surface area contributed by atoms with Crippen molar-refractivity contribution in [1.82, 2.24) is 14.4 Å². The minimum Gasteiger partial charge on any atom is -0.423 e. The van der Waals surface area contributed by atoms with Crippen molar-refractivity contribution >= 4 is 27.3 Å². The first kappa shape index (κ1) is 18.1. The van der Waals surface area contributed by atoms with Crippen molar-refractivity contribution in [3.05, 3.63) is 24.0 Å². The standard InChI is InChI=1S/C16H23FN4O3S/c1-2-18-25(22,23)19-10-11-3-6-13(7-4-11)20-16-21-14-8-5-12(17)9-15(14)24-16/h5,8-9,11,13,18-19H,2-4,6-7,10H2,1H3,(H,20,21). The molecule has 1 aromatic carbocycles. The van der Waals surface area contributed by atoms with Gasteiger partial charge in [-0.25, -0.2) is 13.8 Å². The Morgan fingerprint density at radius 1 is 1.24 bits per heavy atom. The summed E-state index contributed by atoms with van der Waals surface area (Å²) >= 11 is 0. The van der Waals surface area contributed by atoms with E-state index in [9.17, 15) is 12.8 Å². The summed E-state index contributed by atoms with van der Waals surface area (Å²) in [4.78, 5) is 4.31. The van der Waals surface area contributed by atoms with Crippen LogP contribution < -0.4 is 14.8 Å². The summed E-state index contributed by atoms with van der Waals surface area (Å²) in [6.45, 7) is 2.57. The summed E-state index contributed by atoms with van der Waals surface area (Å²) < 4.78 is 47.0. The molecule has 0 amide bonds. The molecular weight excluding hydrogens is 347 g/mol. The zero-order chi connectivity index (χ0) is 17.9. The van der Waals surface area contributed by atoms with Crippen molar-refractivity contribution in [2.75, 3.05) is 18.4 Å². The maximum absolute atomic E-state index is 13.2. The van der Waals surface area contributed by atoms with Crippen LogP contribution >= 0.6 is 0 Å². The third-order valence-electron chi connectivity index (χ3n) is 4.42. The van der Waals surface area contributed by atoms with E-state index in [1.165, 1.54) is 12.1 Å². The van der Waals surface area contributed by atoms with E-state index >= 15 is 0 Å². The SMILES string of the molecule is CCNS(=O)(=O)NCC1CCC(Nc2nc3ccc(F)cc3o2)CC1. The molecule has 1 saturated carbocycles. The van der Waals surface area contributed by atoms with E-state index < -0.39 is 10.2 Å². The zero-order valence-corrected chi connectivity index (χ0v) is 14.9. The number of rotatable bonds is 7. The van der Waals surface area contributed by atoms with Gasteiger partial charge in [-0.1, -0.05) is 6.92 Å². The molecule has 2 aromatic rings. The molecule has 1 fully saturated rings. The van der Waals surface area contributed by atoms with Crippen LogP contribution in [-0.4, -0.2) is 32.5 Å². The fraction of sp³-hybridized carbons (Fsp3) is 0.562. The molecule has 138 valence electrons. The van der Waals surface area contributed by atoms with Crippen molar-refractivity contribution in [1.29, 1.82) is 0 Å². The van der Waals surface area contributed by atoms with Gasteiger partial charge < -0.3 is 9.73 Å². The lowest BCUT2D eigenvalue weighted by Gasteiger charge is -2.28. The Morgan fingerprint density at radius 3 is 2.72 bits per heavy atom. The number of hydrogen-bond donors (Lipinski definition) is 3. The lowest BCUT2D eigenvalue weighted by Crippen LogP contribution is -2.40. The summed E-state index contributed by atoms with van der Waals surface area (Å²) in [6, 6.07) is 4.89. The molecule has 0 aliphatic heterocycles. The van der Waals surface area contributed by atoms with Crippen LogP contribution in [0.25, 0.3) is 11.1 Å². The van der Waals surface area contributed by atoms with Gasteiger partial charge in [0.05, 0.1) is 0 Å². The first-order chi connectivity index (χ1) is 11.9. The first-order valence-electron chi connectivity index (χ1n) is 8.52. The van der Waals surface area contributed by atoms with Gasteiger partial charge in [0.1, 0.15) is 11.3 Å². The number of halogens is 1. The molecule has 1 aromatic heterocycles. The van der Waals surface area contributed by atoms with Crippen molar-refractivity contribution in [2.45, 2.75) is 38.6 Å². The molecule has 3 N–H and O–H groups in total. The second-order valence-corrected chi connectivity index (χ2v) is 7.93. The molecule has 1 heterocycles. The largest absolute Gasteiger partial charge is 0.423 e. The summed E-state index contributed by atoms with van der Waals surface area (Å²) in [5, 5.41) is 3.25. The van der Waals surface area contributed by atoms with Crippen LogP contribution in [0.15, 0.2) is 22.6 Å². The highest BCUT2D eigenvalue weighted by atomic mass is 32.2. The van der Waals surface area contributed by atoms with Gasteiger partial charge in [0.25, 0.3) is 16.2 Å². The Kier molecular flexibility index (Phi) is 5.55. The second-order valence-electron chi connectivity index (χ2n) is 6.34. The maximum Gasteiger partial charge on any atom is 0.295 e. The quantitative estimate of drug-likeness (QED) is 0.695. The van der Waals surface area contributed by atoms with Gasteiger partial charge in [0.15, 0.2) is 5.58 Å². The lowest BCUT2D eigenvalue weighted by atomic mass is 9.86. The molecule has 0 spiro atoms. The number of fused-ring (bicyclic) bond motifs is 1. The molecule has 9 heteroatoms. The average Bonchev–Trinajstić information content (AvgIpc) is 2.95. The van der Waals surface area contributed by atoms with Gasteiger partial charge in [-0.3, -0.25) is 0 Å². The Bertz CT molecular complexity index is 816. The van der Waals surface area contributed by atoms with Gasteiger partial charge in [0, 0.05) is 25.2 Å². The first-order valence-corrected chi connectivity index (χ1v) is 10.0. The van der Waals surface area contributed by atoms with E-state index in [0.717, 1.165) is 25.7 Å². The lowest BCUT2D eigenvalue weighted by molar-refractivity contribution is 0.334. The van der Waals surface area contributed by atoms with Gasteiger partial charge in [0.2, 0.25) is 0 Å². The van der Waals surface area contributed by atoms with Gasteiger partial charge >= 0.3 is 0 Å². The summed E-state index contributed by atoms with van der Waals surface area (Å²) in [5.41, 5.74) is 1.05. The Balaban J connectivity index is 1.48. The molecular formula is C16H23FN4O3S. The van der Waals surface area contributed by atoms with Crippen LogP contribution in [0.3, 0.4) is 0 Å². The molecule has 1 aliphatic carbocycles. The zero-order valence-electron chi connectivity index (χ0n) is 14.1. The average molecular weight is 370 g/mol. The summed E-state index contributed by atoms with van der Waals surface area (Å²) in [7, 11) is -3.38. The van der Waals surface area contributed by atoms with Crippen LogP contribution in [0.5, 0.6) is 0 Å². The number of anilines is 1. The van der Waals surface area contributed by atoms with E-state index in [-0.39, 0.29) is 11.9 Å². The molecule has 7 nitrogen and oxygen atoms in total. The fourth-order valence-electron chi connectivity index (χ4n) is 3.11. The van der Waals surface area contributed by atoms with E-state index in [1.54, 1.807) is 13.0 Å². The molecule has 0 saturated heterocycles. The molecule has 0 atom stereocenters. The van der Waals surface area contributed by atoms with E-state index in [4.69, 9.17) is 4.42 Å². The molecule has 25 heavy (non-hydrogen) atoms. The van der Waals surface area contributed by atoms with Crippen LogP contribution in [0, 0.1) is 11.7 Å². The number of oxazole rings is 1. The van der Waals surface area contributed by atoms with E-state index in [0.29, 0.717) is 36.1 Å². The molecule has 0 unspecified atom stereocenters. The topological polar surface area (TPSA) is 96.3 Å². The molecule has 3 rings (SSSR count). The van der Waals surface area contributed by atoms with Crippen LogP contribution in [0.1, 0.15) is 32.6 Å². The number of aromatic nitrogens is 1. The van der Waals surface area contributed by atoms with Crippen LogP contribution in [0.4, 0.5) is 10.4 Å². The highest BCUT2D eigenvalue weighted by molar-refractivity contribution is 7.87. The van der Waals surface area contributed by atoms with Crippen LogP contribution in [-0.2, 0) is 10.2 Å². The number of hydrogen-bond acceptors (Lipinski definition) is 5. The Hall–Kier alpha value is -1.71. The van der Waals surface area contributed by atoms with Crippen molar-refractivity contribution in [3.8, 4) is 0 Å². The minimum absolute atomic E-state index is 0.222. The van der Waals surface area contributed by atoms with Gasteiger partial charge in [-0.2, -0.15) is 13.4 Å². The normalized spacial score (nSPS) is 21.5. The highest BCUT2D eigenvalue weighted by Gasteiger charge is 2.23. The smallest absolute Gasteiger partial charge is 0.295 e. The monoisotopic (exact) mass is 370 g/mol. The number of nitrogens with one attached hydrogen (secondary N) is 3. The molecule has 1 aliphatic rings. The molecule has 0 bridgehead atoms. The van der Waals surface area contributed by atoms with E-state index in [1.807, 2.05) is 0 Å². The van der Waals surface area contributed by atoms with Crippen molar-refractivity contribution in [3.63, 3.8) is 0 Å². The van der Waals surface area contributed by atoms with Crippen LogP contribution in [0.2, 0.25) is 0 Å². The molecule has 0 radical (unpaired) electrons. The minimum atomic E-state index is -3.38. The summed E-state index contributed by atoms with van der Waals surface area (Å²) in [6.07, 6.45) is 3.64. The third-order valence-corrected chi connectivity index (χ3v) is 5.64. The highest BCUT2D eigenvalue weighted by Crippen LogP contribution is 2.27. The Labute approximate surface area is 146 Å².